The summed E-state index contributed by atoms with van der Waals surface area (Å²) in [5, 5.41) is 0. The lowest BCUT2D eigenvalue weighted by Gasteiger charge is -2.51. The third-order valence-electron chi connectivity index (χ3n) is 12.4. The molecule has 398 valence electrons. The van der Waals surface area contributed by atoms with Gasteiger partial charge in [-0.15, -0.1) is 0 Å². The Balaban J connectivity index is 1.23. The fourth-order valence-corrected chi connectivity index (χ4v) is 9.84. The third kappa shape index (κ3) is 14.6. The summed E-state index contributed by atoms with van der Waals surface area (Å²) in [5.41, 5.74) is -3.09. The summed E-state index contributed by atoms with van der Waals surface area (Å²) >= 11 is 0. The quantitative estimate of drug-likeness (QED) is 0.0279. The average Bonchev–Trinajstić information content (AvgIpc) is 3.39. The zero-order valence-electron chi connectivity index (χ0n) is 41.3. The summed E-state index contributed by atoms with van der Waals surface area (Å²) in [5.74, 6) is -0.203. The molecule has 0 radical (unpaired) electrons. The van der Waals surface area contributed by atoms with E-state index in [-0.39, 0.29) is 45.2 Å². The van der Waals surface area contributed by atoms with Crippen molar-refractivity contribution in [1.82, 2.24) is 0 Å². The molecule has 0 aromatic heterocycles. The van der Waals surface area contributed by atoms with Crippen LogP contribution in [0.5, 0.6) is 5.75 Å². The Morgan fingerprint density at radius 2 is 1.23 bits per heavy atom. The van der Waals surface area contributed by atoms with Crippen molar-refractivity contribution in [3.8, 4) is 5.75 Å². The van der Waals surface area contributed by atoms with Gasteiger partial charge in [0.15, 0.2) is 31.1 Å². The van der Waals surface area contributed by atoms with Crippen molar-refractivity contribution >= 4 is 24.2 Å². The number of fused-ring (bicyclic) bond motifs is 1. The standard InChI is InChI=1S/C54H61F3O15SSi/c1-61-41-27-25-38(26-28-41)33-64-46-44(42(34-62-31-36-17-9-5-10-18-36)67-52(63-29-30-74(2,3)4)48(46)69-50(58)39-21-13-7-14-22-39)71-53-49(72-73(59,60)54(55,56)57)47(65-32-37-19-11-6-12-20-37)45-43(68-53)35-66-51(70-45)40-23-15-8-16-24-40/h5-28,42-49,51-53H,29-35H2,1-4H3/t42-,43-,44-,45-,46+,47+,48-,49-,51-,52-,53+/m1/s1. The van der Waals surface area contributed by atoms with E-state index < -0.39 is 97.4 Å². The number of esters is 1. The van der Waals surface area contributed by atoms with Gasteiger partial charge in [-0.1, -0.05) is 141 Å². The Labute approximate surface area is 430 Å². The fraction of sp³-hybridized carbons (Fsp3) is 0.426. The van der Waals surface area contributed by atoms with Crippen molar-refractivity contribution in [1.29, 1.82) is 0 Å². The summed E-state index contributed by atoms with van der Waals surface area (Å²) in [6.07, 6.45) is -16.3. The number of carbonyl (C=O) groups excluding carboxylic acids is 1. The predicted molar refractivity (Wildman–Crippen MR) is 264 cm³/mol. The van der Waals surface area contributed by atoms with E-state index in [4.69, 9.17) is 56.3 Å². The van der Waals surface area contributed by atoms with Crippen molar-refractivity contribution in [3.63, 3.8) is 0 Å². The molecular weight excluding hydrogens is 1010 g/mol. The van der Waals surface area contributed by atoms with E-state index in [9.17, 15) is 26.4 Å². The summed E-state index contributed by atoms with van der Waals surface area (Å²) in [4.78, 5) is 14.2. The third-order valence-corrected chi connectivity index (χ3v) is 15.2. The molecule has 3 aliphatic heterocycles. The van der Waals surface area contributed by atoms with E-state index in [2.05, 4.69) is 19.6 Å². The highest BCUT2D eigenvalue weighted by atomic mass is 32.2. The lowest BCUT2D eigenvalue weighted by Crippen LogP contribution is -2.67. The van der Waals surface area contributed by atoms with Crippen molar-refractivity contribution in [3.05, 3.63) is 173 Å². The first-order valence-corrected chi connectivity index (χ1v) is 29.3. The largest absolute Gasteiger partial charge is 0.523 e. The molecule has 11 atom stereocenters. The van der Waals surface area contributed by atoms with Gasteiger partial charge in [0.05, 0.1) is 45.7 Å². The van der Waals surface area contributed by atoms with Gasteiger partial charge in [0, 0.05) is 20.2 Å². The number of ether oxygens (including phenoxy) is 11. The summed E-state index contributed by atoms with van der Waals surface area (Å²) in [6, 6.07) is 42.6. The fourth-order valence-electron chi connectivity index (χ4n) is 8.51. The molecule has 0 saturated carbocycles. The van der Waals surface area contributed by atoms with Gasteiger partial charge in [0.2, 0.25) is 0 Å². The van der Waals surface area contributed by atoms with Crippen LogP contribution in [0.4, 0.5) is 13.2 Å². The molecule has 3 aliphatic rings. The van der Waals surface area contributed by atoms with Gasteiger partial charge in [-0.05, 0) is 47.0 Å². The van der Waals surface area contributed by atoms with Crippen molar-refractivity contribution in [2.75, 3.05) is 26.9 Å². The van der Waals surface area contributed by atoms with Crippen LogP contribution >= 0.6 is 0 Å². The Morgan fingerprint density at radius 3 is 1.84 bits per heavy atom. The minimum atomic E-state index is -6.41. The van der Waals surface area contributed by atoms with Crippen LogP contribution in [0.2, 0.25) is 25.7 Å². The molecule has 5 aromatic rings. The Kier molecular flexibility index (Phi) is 18.8. The maximum Gasteiger partial charge on any atom is 0.523 e. The maximum absolute atomic E-state index is 14.6. The molecule has 0 N–H and O–H groups in total. The zero-order chi connectivity index (χ0) is 52.3. The molecule has 8 rings (SSSR count). The minimum absolute atomic E-state index is 0.0876. The van der Waals surface area contributed by atoms with E-state index in [1.165, 1.54) is 7.11 Å². The number of methoxy groups -OCH3 is 1. The predicted octanol–water partition coefficient (Wildman–Crippen LogP) is 9.15. The highest BCUT2D eigenvalue weighted by Crippen LogP contribution is 2.41. The summed E-state index contributed by atoms with van der Waals surface area (Å²) in [6.45, 7) is 5.96. The number of hydrogen-bond acceptors (Lipinski definition) is 15. The lowest BCUT2D eigenvalue weighted by atomic mass is 9.95. The van der Waals surface area contributed by atoms with Gasteiger partial charge in [0.1, 0.15) is 42.4 Å². The zero-order valence-corrected chi connectivity index (χ0v) is 43.1. The van der Waals surface area contributed by atoms with Crippen LogP contribution in [-0.4, -0.2) is 116 Å². The van der Waals surface area contributed by atoms with Crippen molar-refractivity contribution < 1.29 is 82.7 Å². The molecule has 3 fully saturated rings. The summed E-state index contributed by atoms with van der Waals surface area (Å²) in [7, 11) is -6.62. The molecule has 3 saturated heterocycles. The van der Waals surface area contributed by atoms with E-state index in [1.54, 1.807) is 115 Å². The van der Waals surface area contributed by atoms with Crippen LogP contribution in [0.25, 0.3) is 0 Å². The summed E-state index contributed by atoms with van der Waals surface area (Å²) < 4.78 is 146. The van der Waals surface area contributed by atoms with Crippen molar-refractivity contribution in [2.24, 2.45) is 0 Å². The van der Waals surface area contributed by atoms with Crippen molar-refractivity contribution in [2.45, 2.75) is 119 Å². The molecule has 74 heavy (non-hydrogen) atoms. The van der Waals surface area contributed by atoms with E-state index in [1.807, 2.05) is 30.3 Å². The Bertz CT molecular complexity index is 2620. The molecule has 3 heterocycles. The van der Waals surface area contributed by atoms with Crippen LogP contribution in [0.15, 0.2) is 146 Å². The SMILES string of the molecule is COc1ccc(CO[C@@H]2[C@@H](OC(=O)c3ccccc3)[C@H](OCC[Si](C)(C)C)O[C@H](COCc3ccccc3)[C@H]2O[C@@H]2O[C@@H]3CO[C@@H](c4ccccc4)O[C@H]3[C@H](OCc3ccccc3)[C@H]2OS(=O)(=O)C(F)(F)F)cc1. The number of carbonyl (C=O) groups is 1. The van der Waals surface area contributed by atoms with Gasteiger partial charge in [-0.25, -0.2) is 4.79 Å². The highest BCUT2D eigenvalue weighted by Gasteiger charge is 2.60. The van der Waals surface area contributed by atoms with Gasteiger partial charge >= 0.3 is 21.6 Å². The second kappa shape index (κ2) is 25.2. The average molecular weight is 1070 g/mol. The molecule has 0 amide bonds. The van der Waals surface area contributed by atoms with Crippen LogP contribution in [-0.2, 0) is 81.5 Å². The second-order valence-corrected chi connectivity index (χ2v) is 26.3. The minimum Gasteiger partial charge on any atom is -0.497 e. The number of benzene rings is 5. The molecule has 0 unspecified atom stereocenters. The number of hydrogen-bond donors (Lipinski definition) is 0. The van der Waals surface area contributed by atoms with Crippen LogP contribution < -0.4 is 4.74 Å². The van der Waals surface area contributed by atoms with Gasteiger partial charge in [-0.3, -0.25) is 4.18 Å². The highest BCUT2D eigenvalue weighted by molar-refractivity contribution is 7.87. The smallest absolute Gasteiger partial charge is 0.497 e. The van der Waals surface area contributed by atoms with E-state index >= 15 is 0 Å². The van der Waals surface area contributed by atoms with Crippen LogP contribution in [0.1, 0.15) is 38.9 Å². The van der Waals surface area contributed by atoms with Gasteiger partial charge in [-0.2, -0.15) is 21.6 Å². The van der Waals surface area contributed by atoms with E-state index in [0.29, 0.717) is 28.5 Å². The molecular formula is C54H61F3O15SSi. The number of halogens is 3. The topological polar surface area (TPSA) is 162 Å². The first-order chi connectivity index (χ1) is 35.5. The first-order valence-electron chi connectivity index (χ1n) is 24.2. The molecule has 0 bridgehead atoms. The Morgan fingerprint density at radius 1 is 0.649 bits per heavy atom. The van der Waals surface area contributed by atoms with Crippen LogP contribution in [0.3, 0.4) is 0 Å². The first kappa shape index (κ1) is 55.2. The van der Waals surface area contributed by atoms with Gasteiger partial charge in [0.25, 0.3) is 0 Å². The van der Waals surface area contributed by atoms with E-state index in [0.717, 1.165) is 5.56 Å². The molecule has 0 spiro atoms. The molecule has 0 aliphatic carbocycles. The maximum atomic E-state index is 14.6. The second-order valence-electron chi connectivity index (χ2n) is 19.1. The molecule has 15 nitrogen and oxygen atoms in total. The number of rotatable bonds is 22. The molecule has 20 heteroatoms. The Hall–Kier alpha value is -5.07. The van der Waals surface area contributed by atoms with Crippen LogP contribution in [0, 0.1) is 0 Å². The number of alkyl halides is 3. The lowest BCUT2D eigenvalue weighted by molar-refractivity contribution is -0.388. The normalized spacial score (nSPS) is 26.4. The molecule has 5 aromatic carbocycles. The van der Waals surface area contributed by atoms with Gasteiger partial charge < -0.3 is 52.1 Å². The monoisotopic (exact) mass is 1070 g/mol.